The minimum absolute atomic E-state index is 0.0808. The third kappa shape index (κ3) is 3.88. The number of carbonyl (C=O) groups excluding carboxylic acids is 2. The monoisotopic (exact) mass is 418 g/mol. The predicted molar refractivity (Wildman–Crippen MR) is 109 cm³/mol. The van der Waals surface area contributed by atoms with Gasteiger partial charge in [-0.2, -0.15) is 0 Å². The van der Waals surface area contributed by atoms with Crippen molar-refractivity contribution in [3.63, 3.8) is 0 Å². The molecule has 0 radical (unpaired) electrons. The maximum Gasteiger partial charge on any atom is 0.290 e. The molecular weight excluding hydrogens is 388 g/mol. The molecule has 30 heavy (non-hydrogen) atoms. The van der Waals surface area contributed by atoms with Gasteiger partial charge in [-0.1, -0.05) is 13.0 Å². The van der Waals surface area contributed by atoms with Crippen molar-refractivity contribution in [2.75, 3.05) is 26.7 Å². The quantitative estimate of drug-likeness (QED) is 0.707. The van der Waals surface area contributed by atoms with Crippen molar-refractivity contribution >= 4 is 18.3 Å². The normalized spacial score (nSPS) is 28.4. The van der Waals surface area contributed by atoms with E-state index in [4.69, 9.17) is 19.4 Å². The molecule has 3 heterocycles. The van der Waals surface area contributed by atoms with Crippen molar-refractivity contribution in [1.29, 1.82) is 0 Å². The van der Waals surface area contributed by atoms with Crippen molar-refractivity contribution in [2.45, 2.75) is 44.8 Å². The topological polar surface area (TPSA) is 105 Å². The first-order valence-electron chi connectivity index (χ1n) is 10.4. The lowest BCUT2D eigenvalue weighted by atomic mass is 9.73. The van der Waals surface area contributed by atoms with E-state index in [-0.39, 0.29) is 35.9 Å². The van der Waals surface area contributed by atoms with Gasteiger partial charge in [0.15, 0.2) is 0 Å². The van der Waals surface area contributed by atoms with Gasteiger partial charge in [0.2, 0.25) is 5.91 Å². The number of nitrogens with zero attached hydrogens (tertiary/aromatic N) is 1. The summed E-state index contributed by atoms with van der Waals surface area (Å²) in [5.41, 5.74) is 1.30. The lowest BCUT2D eigenvalue weighted by molar-refractivity contribution is -0.131. The largest absolute Gasteiger partial charge is 0.496 e. The van der Waals surface area contributed by atoms with Crippen molar-refractivity contribution in [3.8, 4) is 5.75 Å². The van der Waals surface area contributed by atoms with Crippen molar-refractivity contribution < 1.29 is 29.0 Å². The molecule has 2 N–H and O–H groups in total. The fraction of sp³-hybridized carbons (Fsp3) is 0.591. The van der Waals surface area contributed by atoms with Gasteiger partial charge in [-0.05, 0) is 31.9 Å². The van der Waals surface area contributed by atoms with Gasteiger partial charge in [-0.15, -0.1) is 0 Å². The maximum absolute atomic E-state index is 12.7. The number of fused-ring (bicyclic) bond motifs is 1. The molecule has 8 heteroatoms. The molecule has 0 aromatic heterocycles. The van der Waals surface area contributed by atoms with Gasteiger partial charge in [0, 0.05) is 42.5 Å². The lowest BCUT2D eigenvalue weighted by Crippen LogP contribution is -2.42. The Kier molecular flexibility index (Phi) is 6.65. The Morgan fingerprint density at radius 3 is 2.83 bits per heavy atom. The molecule has 3 aliphatic heterocycles. The maximum atomic E-state index is 12.7. The molecule has 1 aromatic carbocycles. The highest BCUT2D eigenvalue weighted by molar-refractivity contribution is 5.96. The Balaban J connectivity index is 0.000000806. The van der Waals surface area contributed by atoms with Crippen LogP contribution in [0.15, 0.2) is 18.2 Å². The Labute approximate surface area is 176 Å². The number of likely N-dealkylation sites (tertiary alicyclic amines) is 1. The van der Waals surface area contributed by atoms with Crippen LogP contribution in [0.3, 0.4) is 0 Å². The van der Waals surface area contributed by atoms with E-state index in [1.54, 1.807) is 7.11 Å². The van der Waals surface area contributed by atoms with Crippen LogP contribution >= 0.6 is 0 Å². The van der Waals surface area contributed by atoms with Crippen LogP contribution in [0.4, 0.5) is 0 Å². The number of hydrogen-bond donors (Lipinski definition) is 2. The molecule has 3 saturated heterocycles. The van der Waals surface area contributed by atoms with E-state index >= 15 is 0 Å². The van der Waals surface area contributed by atoms with E-state index in [9.17, 15) is 9.59 Å². The highest BCUT2D eigenvalue weighted by Gasteiger charge is 2.63. The molecule has 3 aliphatic rings. The highest BCUT2D eigenvalue weighted by Crippen LogP contribution is 2.54. The summed E-state index contributed by atoms with van der Waals surface area (Å²) >= 11 is 0. The van der Waals surface area contributed by atoms with Crippen LogP contribution in [0.25, 0.3) is 0 Å². The Morgan fingerprint density at radius 1 is 1.43 bits per heavy atom. The number of carboxylic acid groups (broad SMARTS) is 1. The van der Waals surface area contributed by atoms with Gasteiger partial charge in [0.25, 0.3) is 12.4 Å². The summed E-state index contributed by atoms with van der Waals surface area (Å²) in [4.78, 5) is 35.2. The second-order valence-corrected chi connectivity index (χ2v) is 8.11. The third-order valence-electron chi connectivity index (χ3n) is 6.69. The van der Waals surface area contributed by atoms with E-state index in [1.807, 2.05) is 36.9 Å². The first-order chi connectivity index (χ1) is 14.4. The molecule has 4 atom stereocenters. The van der Waals surface area contributed by atoms with Gasteiger partial charge in [0.05, 0.1) is 25.4 Å². The van der Waals surface area contributed by atoms with E-state index in [0.717, 1.165) is 30.7 Å². The number of rotatable bonds is 5. The van der Waals surface area contributed by atoms with Crippen LogP contribution in [-0.4, -0.2) is 66.7 Å². The summed E-state index contributed by atoms with van der Waals surface area (Å²) in [7, 11) is 1.61. The SMILES string of the molecule is CCC(=O)N1C[C@@H]2[C@H](CNC(=O)c3cccc(OC)c3C)[C@H]3CC[C@]2(C1)O3.O=CO. The molecule has 0 aliphatic carbocycles. The van der Waals surface area contributed by atoms with E-state index in [0.29, 0.717) is 31.0 Å². The van der Waals surface area contributed by atoms with Gasteiger partial charge in [-0.3, -0.25) is 14.4 Å². The van der Waals surface area contributed by atoms with Gasteiger partial charge in [0.1, 0.15) is 5.75 Å². The molecule has 8 nitrogen and oxygen atoms in total. The highest BCUT2D eigenvalue weighted by atomic mass is 16.5. The van der Waals surface area contributed by atoms with Gasteiger partial charge < -0.3 is 24.8 Å². The van der Waals surface area contributed by atoms with E-state index in [2.05, 4.69) is 5.32 Å². The van der Waals surface area contributed by atoms with Crippen molar-refractivity contribution in [3.05, 3.63) is 29.3 Å². The Bertz CT molecular complexity index is 813. The summed E-state index contributed by atoms with van der Waals surface area (Å²) in [5, 5.41) is 10.00. The zero-order valence-electron chi connectivity index (χ0n) is 17.7. The first-order valence-corrected chi connectivity index (χ1v) is 10.4. The van der Waals surface area contributed by atoms with Crippen LogP contribution in [0.1, 0.15) is 42.1 Å². The molecule has 0 saturated carbocycles. The van der Waals surface area contributed by atoms with Crippen LogP contribution in [-0.2, 0) is 14.3 Å². The molecule has 2 bridgehead atoms. The summed E-state index contributed by atoms with van der Waals surface area (Å²) in [6.07, 6.45) is 2.77. The molecule has 164 valence electrons. The summed E-state index contributed by atoms with van der Waals surface area (Å²) in [6.45, 7) is 5.60. The standard InChI is InChI=1S/C21H28N2O4.CH2O2/c1-4-19(24)23-11-16-15(18-8-9-21(16,12-23)27-18)10-22-20(25)14-6-5-7-17(26-3)13(14)2;2-1-3/h5-7,15-16,18H,4,8-12H2,1-3H3,(H,22,25);1H,(H,2,3)/t15-,16+,18+,21+;/m0./s1. The molecule has 1 spiro atoms. The van der Waals surface area contributed by atoms with Crippen LogP contribution in [0.2, 0.25) is 0 Å². The number of carbonyl (C=O) groups is 3. The van der Waals surface area contributed by atoms with Crippen molar-refractivity contribution in [1.82, 2.24) is 10.2 Å². The number of nitrogens with one attached hydrogen (secondary N) is 1. The minimum atomic E-state index is -0.250. The molecule has 1 aromatic rings. The van der Waals surface area contributed by atoms with Crippen LogP contribution in [0, 0.1) is 18.8 Å². The number of methoxy groups -OCH3 is 1. The molecule has 2 amide bonds. The fourth-order valence-corrected chi connectivity index (χ4v) is 5.26. The van der Waals surface area contributed by atoms with Gasteiger partial charge in [-0.25, -0.2) is 0 Å². The second-order valence-electron chi connectivity index (χ2n) is 8.11. The smallest absolute Gasteiger partial charge is 0.290 e. The average Bonchev–Trinajstić information content (AvgIpc) is 3.41. The molecule has 4 rings (SSSR count). The first kappa shape index (κ1) is 22.1. The second kappa shape index (κ2) is 9.04. The average molecular weight is 418 g/mol. The van der Waals surface area contributed by atoms with Crippen LogP contribution < -0.4 is 10.1 Å². The molecule has 3 fully saturated rings. The minimum Gasteiger partial charge on any atom is -0.496 e. The number of amides is 2. The number of ether oxygens (including phenoxy) is 2. The van der Waals surface area contributed by atoms with E-state index in [1.165, 1.54) is 0 Å². The van der Waals surface area contributed by atoms with Gasteiger partial charge >= 0.3 is 0 Å². The molecular formula is C22H30N2O6. The Morgan fingerprint density at radius 2 is 2.17 bits per heavy atom. The number of benzene rings is 1. The zero-order valence-corrected chi connectivity index (χ0v) is 17.7. The summed E-state index contributed by atoms with van der Waals surface area (Å²) in [5.74, 6) is 1.42. The summed E-state index contributed by atoms with van der Waals surface area (Å²) in [6, 6.07) is 5.52. The number of hydrogen-bond acceptors (Lipinski definition) is 5. The fourth-order valence-electron chi connectivity index (χ4n) is 5.26. The lowest BCUT2D eigenvalue weighted by Gasteiger charge is -2.29. The Hall–Kier alpha value is -2.61. The van der Waals surface area contributed by atoms with E-state index < -0.39 is 0 Å². The third-order valence-corrected chi connectivity index (χ3v) is 6.69. The molecule has 0 unspecified atom stereocenters. The van der Waals surface area contributed by atoms with Crippen LogP contribution in [0.5, 0.6) is 5.75 Å². The zero-order chi connectivity index (χ0) is 21.9. The summed E-state index contributed by atoms with van der Waals surface area (Å²) < 4.78 is 11.7. The predicted octanol–water partition coefficient (Wildman–Crippen LogP) is 1.85. The van der Waals surface area contributed by atoms with Crippen molar-refractivity contribution in [2.24, 2.45) is 11.8 Å².